The maximum atomic E-state index is 13.1. The Morgan fingerprint density at radius 1 is 0.971 bits per heavy atom. The van der Waals surface area contributed by atoms with E-state index < -0.39 is 0 Å². The third-order valence-corrected chi connectivity index (χ3v) is 8.24. The van der Waals surface area contributed by atoms with Crippen LogP contribution in [0.4, 0.5) is 0 Å². The number of aryl methyl sites for hydroxylation is 1. The Hall–Kier alpha value is -2.74. The zero-order chi connectivity index (χ0) is 23.8. The molecule has 3 aliphatic carbocycles. The van der Waals surface area contributed by atoms with Crippen LogP contribution in [0.15, 0.2) is 34.1 Å². The molecule has 0 spiro atoms. The Morgan fingerprint density at radius 2 is 1.62 bits per heavy atom. The SMILES string of the molecule is CCCn1c(=O)c2[nH]c(C34CCC(CNCc5ccncc5)(CC3)CC4)nc2n(CCC)c1=O. The van der Waals surface area contributed by atoms with Gasteiger partial charge in [-0.05, 0) is 74.5 Å². The van der Waals surface area contributed by atoms with Gasteiger partial charge < -0.3 is 10.3 Å². The molecule has 0 aliphatic heterocycles. The van der Waals surface area contributed by atoms with E-state index in [0.29, 0.717) is 29.7 Å². The predicted octanol–water partition coefficient (Wildman–Crippen LogP) is 3.48. The second-order valence-electron chi connectivity index (χ2n) is 10.4. The second kappa shape index (κ2) is 9.13. The summed E-state index contributed by atoms with van der Waals surface area (Å²) in [4.78, 5) is 38.6. The summed E-state index contributed by atoms with van der Waals surface area (Å²) in [6.45, 7) is 6.94. The Balaban J connectivity index is 1.38. The number of aromatic nitrogens is 5. The van der Waals surface area contributed by atoms with Crippen molar-refractivity contribution in [3.8, 4) is 0 Å². The Morgan fingerprint density at radius 3 is 2.26 bits per heavy atom. The molecule has 8 nitrogen and oxygen atoms in total. The zero-order valence-electron chi connectivity index (χ0n) is 20.4. The van der Waals surface area contributed by atoms with Crippen LogP contribution >= 0.6 is 0 Å². The maximum Gasteiger partial charge on any atom is 0.332 e. The molecule has 0 amide bonds. The van der Waals surface area contributed by atoms with Crippen LogP contribution in [0, 0.1) is 5.41 Å². The monoisotopic (exact) mass is 464 g/mol. The van der Waals surface area contributed by atoms with Gasteiger partial charge in [0.05, 0.1) is 0 Å². The van der Waals surface area contributed by atoms with E-state index in [-0.39, 0.29) is 16.7 Å². The molecule has 3 aliphatic rings. The number of hydrogen-bond acceptors (Lipinski definition) is 5. The Kier molecular flexibility index (Phi) is 6.18. The molecule has 6 rings (SSSR count). The van der Waals surface area contributed by atoms with Crippen molar-refractivity contribution in [1.82, 2.24) is 29.4 Å². The van der Waals surface area contributed by atoms with Crippen molar-refractivity contribution in [3.05, 3.63) is 56.8 Å². The van der Waals surface area contributed by atoms with Crippen molar-refractivity contribution in [3.63, 3.8) is 0 Å². The number of pyridine rings is 1. The highest BCUT2D eigenvalue weighted by molar-refractivity contribution is 5.70. The van der Waals surface area contributed by atoms with Crippen LogP contribution < -0.4 is 16.6 Å². The third-order valence-electron chi connectivity index (χ3n) is 8.24. The van der Waals surface area contributed by atoms with Crippen molar-refractivity contribution in [2.75, 3.05) is 6.54 Å². The molecule has 3 fully saturated rings. The number of imidazole rings is 1. The van der Waals surface area contributed by atoms with Gasteiger partial charge in [0.25, 0.3) is 5.56 Å². The molecule has 34 heavy (non-hydrogen) atoms. The quantitative estimate of drug-likeness (QED) is 0.505. The van der Waals surface area contributed by atoms with Crippen molar-refractivity contribution in [1.29, 1.82) is 0 Å². The molecule has 0 saturated heterocycles. The van der Waals surface area contributed by atoms with Gasteiger partial charge >= 0.3 is 5.69 Å². The number of nitrogens with zero attached hydrogens (tertiary/aromatic N) is 4. The molecule has 3 aromatic rings. The summed E-state index contributed by atoms with van der Waals surface area (Å²) in [5.41, 5.74) is 2.16. The van der Waals surface area contributed by atoms with Gasteiger partial charge in [0.2, 0.25) is 0 Å². The van der Waals surface area contributed by atoms with Gasteiger partial charge in [-0.25, -0.2) is 9.78 Å². The fourth-order valence-corrected chi connectivity index (χ4v) is 6.12. The number of hydrogen-bond donors (Lipinski definition) is 2. The first kappa shape index (κ1) is 23.0. The van der Waals surface area contributed by atoms with Crippen molar-refractivity contribution < 1.29 is 0 Å². The fourth-order valence-electron chi connectivity index (χ4n) is 6.12. The van der Waals surface area contributed by atoms with Gasteiger partial charge in [-0.15, -0.1) is 0 Å². The van der Waals surface area contributed by atoms with Crippen LogP contribution in [0.5, 0.6) is 0 Å². The topological polar surface area (TPSA) is 97.6 Å². The summed E-state index contributed by atoms with van der Waals surface area (Å²) >= 11 is 0. The van der Waals surface area contributed by atoms with Gasteiger partial charge in [-0.2, -0.15) is 0 Å². The summed E-state index contributed by atoms with van der Waals surface area (Å²) in [5, 5.41) is 3.68. The van der Waals surface area contributed by atoms with Crippen LogP contribution in [0.2, 0.25) is 0 Å². The molecule has 3 heterocycles. The third kappa shape index (κ3) is 3.91. The minimum Gasteiger partial charge on any atom is -0.336 e. The first-order valence-electron chi connectivity index (χ1n) is 12.8. The summed E-state index contributed by atoms with van der Waals surface area (Å²) in [7, 11) is 0. The van der Waals surface area contributed by atoms with Crippen LogP contribution in [-0.4, -0.2) is 30.6 Å². The molecule has 0 aromatic carbocycles. The minimum absolute atomic E-state index is 0.0129. The Bertz CT molecular complexity index is 1250. The standard InChI is InChI=1S/C26H36N6O2/c1-3-15-31-21-20(22(33)32(16-4-2)24(31)34)29-23(30-21)26-10-7-25(8-11-26,9-12-26)18-28-17-19-5-13-27-14-6-19/h5-6,13-14,28H,3-4,7-12,15-18H2,1-2H3,(H,29,30). The van der Waals surface area contributed by atoms with Gasteiger partial charge in [-0.3, -0.25) is 18.9 Å². The van der Waals surface area contributed by atoms with E-state index in [1.54, 1.807) is 4.57 Å². The smallest absolute Gasteiger partial charge is 0.332 e. The molecule has 0 radical (unpaired) electrons. The van der Waals surface area contributed by atoms with E-state index in [1.807, 2.05) is 26.2 Å². The van der Waals surface area contributed by atoms with Gasteiger partial charge in [0.15, 0.2) is 5.65 Å². The molecule has 2 bridgehead atoms. The predicted molar refractivity (Wildman–Crippen MR) is 133 cm³/mol. The first-order valence-corrected chi connectivity index (χ1v) is 12.8. The average molecular weight is 465 g/mol. The molecule has 8 heteroatoms. The molecule has 0 unspecified atom stereocenters. The Labute approximate surface area is 199 Å². The lowest BCUT2D eigenvalue weighted by Gasteiger charge is -2.52. The maximum absolute atomic E-state index is 13.1. The lowest BCUT2D eigenvalue weighted by atomic mass is 9.53. The highest BCUT2D eigenvalue weighted by atomic mass is 16.2. The van der Waals surface area contributed by atoms with Crippen molar-refractivity contribution in [2.45, 2.75) is 90.3 Å². The van der Waals surface area contributed by atoms with E-state index in [9.17, 15) is 9.59 Å². The highest BCUT2D eigenvalue weighted by Gasteiger charge is 2.50. The molecule has 182 valence electrons. The molecule has 3 saturated carbocycles. The van der Waals surface area contributed by atoms with Crippen LogP contribution in [0.3, 0.4) is 0 Å². The number of rotatable bonds is 9. The van der Waals surface area contributed by atoms with Crippen LogP contribution in [0.1, 0.15) is 76.6 Å². The van der Waals surface area contributed by atoms with Gasteiger partial charge in [0, 0.05) is 44.0 Å². The second-order valence-corrected chi connectivity index (χ2v) is 10.4. The van der Waals surface area contributed by atoms with E-state index in [4.69, 9.17) is 4.98 Å². The van der Waals surface area contributed by atoms with Gasteiger partial charge in [-0.1, -0.05) is 13.8 Å². The number of nitrogens with one attached hydrogen (secondary N) is 2. The number of H-pyrrole nitrogens is 1. The fraction of sp³-hybridized carbons (Fsp3) is 0.615. The lowest BCUT2D eigenvalue weighted by molar-refractivity contribution is 0.0358. The lowest BCUT2D eigenvalue weighted by Crippen LogP contribution is -2.48. The largest absolute Gasteiger partial charge is 0.336 e. The average Bonchev–Trinajstić information content (AvgIpc) is 3.33. The van der Waals surface area contributed by atoms with Crippen LogP contribution in [-0.2, 0) is 25.0 Å². The van der Waals surface area contributed by atoms with E-state index in [1.165, 1.54) is 10.1 Å². The summed E-state index contributed by atoms with van der Waals surface area (Å²) in [6, 6.07) is 4.12. The first-order chi connectivity index (χ1) is 16.5. The van der Waals surface area contributed by atoms with E-state index in [0.717, 1.165) is 70.3 Å². The van der Waals surface area contributed by atoms with Crippen molar-refractivity contribution >= 4 is 11.2 Å². The summed E-state index contributed by atoms with van der Waals surface area (Å²) < 4.78 is 3.07. The van der Waals surface area contributed by atoms with Crippen molar-refractivity contribution in [2.24, 2.45) is 5.41 Å². The molecule has 3 aromatic heterocycles. The summed E-state index contributed by atoms with van der Waals surface area (Å²) in [6.07, 6.45) is 12.0. The highest BCUT2D eigenvalue weighted by Crippen LogP contribution is 2.57. The van der Waals surface area contributed by atoms with Gasteiger partial charge in [0.1, 0.15) is 11.3 Å². The summed E-state index contributed by atoms with van der Waals surface area (Å²) in [5.74, 6) is 0.913. The molecular weight excluding hydrogens is 428 g/mol. The van der Waals surface area contributed by atoms with Crippen LogP contribution in [0.25, 0.3) is 11.2 Å². The molecule has 0 atom stereocenters. The minimum atomic E-state index is -0.233. The molecule has 2 N–H and O–H groups in total. The normalized spacial score (nSPS) is 24.2. The zero-order valence-corrected chi connectivity index (χ0v) is 20.4. The number of fused-ring (bicyclic) bond motifs is 4. The number of aromatic amines is 1. The van der Waals surface area contributed by atoms with E-state index in [2.05, 4.69) is 27.4 Å². The molecular formula is C26H36N6O2. The van der Waals surface area contributed by atoms with E-state index >= 15 is 0 Å².